The minimum Gasteiger partial charge on any atom is -0.489 e. The Hall–Kier alpha value is -2.73. The second-order valence-corrected chi connectivity index (χ2v) is 5.27. The molecular formula is C17H17NO5. The standard InChI is InChI=1S/C17H17NO5/c18-14(17(19)20)7-11-1-4-13(5-2-11)21-9-12-3-6-15-16(8-12)23-10-22-15/h1-6,8,14H,7,9-10,18H2,(H,19,20). The third-order valence-corrected chi connectivity index (χ3v) is 3.54. The highest BCUT2D eigenvalue weighted by Crippen LogP contribution is 2.32. The number of hydrogen-bond acceptors (Lipinski definition) is 5. The summed E-state index contributed by atoms with van der Waals surface area (Å²) in [6.07, 6.45) is 0.289. The van der Waals surface area contributed by atoms with Crippen molar-refractivity contribution in [1.82, 2.24) is 0 Å². The minimum atomic E-state index is -1.01. The molecule has 2 aromatic rings. The van der Waals surface area contributed by atoms with Gasteiger partial charge in [0.05, 0.1) is 0 Å². The third-order valence-electron chi connectivity index (χ3n) is 3.54. The lowest BCUT2D eigenvalue weighted by atomic mass is 10.1. The molecule has 1 aliphatic heterocycles. The fourth-order valence-electron chi connectivity index (χ4n) is 2.26. The fraction of sp³-hybridized carbons (Fsp3) is 0.235. The van der Waals surface area contributed by atoms with E-state index in [1.807, 2.05) is 30.3 Å². The number of carbonyl (C=O) groups is 1. The monoisotopic (exact) mass is 315 g/mol. The highest BCUT2D eigenvalue weighted by atomic mass is 16.7. The van der Waals surface area contributed by atoms with Gasteiger partial charge in [0, 0.05) is 0 Å². The van der Waals surface area contributed by atoms with Crippen LogP contribution in [0.25, 0.3) is 0 Å². The van der Waals surface area contributed by atoms with E-state index in [0.717, 1.165) is 22.6 Å². The Morgan fingerprint density at radius 2 is 1.83 bits per heavy atom. The van der Waals surface area contributed by atoms with Crippen molar-refractivity contribution in [1.29, 1.82) is 0 Å². The number of carboxylic acid groups (broad SMARTS) is 1. The normalized spacial score (nSPS) is 13.6. The van der Waals surface area contributed by atoms with E-state index < -0.39 is 12.0 Å². The number of carboxylic acids is 1. The first kappa shape index (κ1) is 15.2. The van der Waals surface area contributed by atoms with Gasteiger partial charge in [-0.3, -0.25) is 4.79 Å². The number of benzene rings is 2. The smallest absolute Gasteiger partial charge is 0.320 e. The lowest BCUT2D eigenvalue weighted by Gasteiger charge is -2.09. The van der Waals surface area contributed by atoms with Gasteiger partial charge in [0.2, 0.25) is 6.79 Å². The molecule has 0 radical (unpaired) electrons. The summed E-state index contributed by atoms with van der Waals surface area (Å²) in [6, 6.07) is 12.0. The Kier molecular flexibility index (Phi) is 4.34. The number of hydrogen-bond donors (Lipinski definition) is 2. The number of nitrogens with two attached hydrogens (primary N) is 1. The predicted octanol–water partition coefficient (Wildman–Crippen LogP) is 1.95. The van der Waals surface area contributed by atoms with E-state index in [2.05, 4.69) is 0 Å². The summed E-state index contributed by atoms with van der Waals surface area (Å²) >= 11 is 0. The van der Waals surface area contributed by atoms with Gasteiger partial charge in [-0.05, 0) is 41.8 Å². The van der Waals surface area contributed by atoms with Crippen LogP contribution in [-0.2, 0) is 17.8 Å². The summed E-state index contributed by atoms with van der Waals surface area (Å²) in [4.78, 5) is 10.7. The SMILES string of the molecule is NC(Cc1ccc(OCc2ccc3c(c2)OCO3)cc1)C(=O)O. The topological polar surface area (TPSA) is 91.0 Å². The zero-order valence-corrected chi connectivity index (χ0v) is 12.4. The summed E-state index contributed by atoms with van der Waals surface area (Å²) in [7, 11) is 0. The Bertz CT molecular complexity index is 699. The van der Waals surface area contributed by atoms with Gasteiger partial charge in [-0.2, -0.15) is 0 Å². The molecule has 1 heterocycles. The molecule has 0 saturated heterocycles. The molecule has 3 rings (SSSR count). The Morgan fingerprint density at radius 1 is 1.13 bits per heavy atom. The molecule has 6 heteroatoms. The van der Waals surface area contributed by atoms with Crippen LogP contribution in [0.4, 0.5) is 0 Å². The summed E-state index contributed by atoms with van der Waals surface area (Å²) in [6.45, 7) is 0.657. The van der Waals surface area contributed by atoms with Crippen LogP contribution < -0.4 is 19.9 Å². The summed E-state index contributed by atoms with van der Waals surface area (Å²) < 4.78 is 16.3. The lowest BCUT2D eigenvalue weighted by molar-refractivity contribution is -0.138. The molecule has 1 atom stereocenters. The van der Waals surface area contributed by atoms with E-state index in [9.17, 15) is 4.79 Å². The van der Waals surface area contributed by atoms with Gasteiger partial charge < -0.3 is 25.1 Å². The van der Waals surface area contributed by atoms with Crippen LogP contribution in [-0.4, -0.2) is 23.9 Å². The quantitative estimate of drug-likeness (QED) is 0.846. The van der Waals surface area contributed by atoms with Crippen LogP contribution in [0, 0.1) is 0 Å². The van der Waals surface area contributed by atoms with Gasteiger partial charge in [0.15, 0.2) is 11.5 Å². The molecule has 0 amide bonds. The average Bonchev–Trinajstić information content (AvgIpc) is 3.01. The van der Waals surface area contributed by atoms with Crippen molar-refractivity contribution in [2.75, 3.05) is 6.79 Å². The Morgan fingerprint density at radius 3 is 2.57 bits per heavy atom. The van der Waals surface area contributed by atoms with Crippen LogP contribution in [0.15, 0.2) is 42.5 Å². The van der Waals surface area contributed by atoms with E-state index >= 15 is 0 Å². The largest absolute Gasteiger partial charge is 0.489 e. The van der Waals surface area contributed by atoms with E-state index in [4.69, 9.17) is 25.1 Å². The van der Waals surface area contributed by atoms with Crippen molar-refractivity contribution in [2.45, 2.75) is 19.1 Å². The molecule has 0 spiro atoms. The summed E-state index contributed by atoms with van der Waals surface area (Å²) in [5.41, 5.74) is 7.35. The van der Waals surface area contributed by atoms with Crippen LogP contribution >= 0.6 is 0 Å². The zero-order valence-electron chi connectivity index (χ0n) is 12.4. The predicted molar refractivity (Wildman–Crippen MR) is 82.7 cm³/mol. The molecule has 1 unspecified atom stereocenters. The second kappa shape index (κ2) is 6.58. The molecule has 6 nitrogen and oxygen atoms in total. The van der Waals surface area contributed by atoms with E-state index in [1.165, 1.54) is 0 Å². The maximum absolute atomic E-state index is 10.7. The first-order valence-corrected chi connectivity index (χ1v) is 7.20. The summed E-state index contributed by atoms with van der Waals surface area (Å²) in [5.74, 6) is 1.17. The molecule has 2 aromatic carbocycles. The molecule has 120 valence electrons. The molecule has 0 bridgehead atoms. The molecule has 0 aromatic heterocycles. The fourth-order valence-corrected chi connectivity index (χ4v) is 2.26. The zero-order chi connectivity index (χ0) is 16.2. The van der Waals surface area contributed by atoms with Crippen LogP contribution in [0.2, 0.25) is 0 Å². The molecule has 3 N–H and O–H groups in total. The second-order valence-electron chi connectivity index (χ2n) is 5.27. The Balaban J connectivity index is 1.57. The van der Waals surface area contributed by atoms with Gasteiger partial charge in [-0.25, -0.2) is 0 Å². The maximum atomic E-state index is 10.7. The van der Waals surface area contributed by atoms with Gasteiger partial charge in [-0.15, -0.1) is 0 Å². The van der Waals surface area contributed by atoms with Crippen molar-refractivity contribution < 1.29 is 24.1 Å². The maximum Gasteiger partial charge on any atom is 0.320 e. The molecule has 23 heavy (non-hydrogen) atoms. The van der Waals surface area contributed by atoms with Crippen LogP contribution in [0.3, 0.4) is 0 Å². The first-order chi connectivity index (χ1) is 11.1. The number of rotatable bonds is 6. The Labute approximate surface area is 133 Å². The van der Waals surface area contributed by atoms with Crippen molar-refractivity contribution >= 4 is 5.97 Å². The van der Waals surface area contributed by atoms with E-state index in [-0.39, 0.29) is 13.2 Å². The van der Waals surface area contributed by atoms with Gasteiger partial charge in [-0.1, -0.05) is 18.2 Å². The van der Waals surface area contributed by atoms with Gasteiger partial charge in [0.25, 0.3) is 0 Å². The minimum absolute atomic E-state index is 0.250. The van der Waals surface area contributed by atoms with Crippen molar-refractivity contribution in [3.05, 3.63) is 53.6 Å². The number of fused-ring (bicyclic) bond motifs is 1. The highest BCUT2D eigenvalue weighted by molar-refractivity contribution is 5.73. The molecule has 0 saturated carbocycles. The molecule has 0 fully saturated rings. The van der Waals surface area contributed by atoms with Gasteiger partial charge >= 0.3 is 5.97 Å². The van der Waals surface area contributed by atoms with Gasteiger partial charge in [0.1, 0.15) is 18.4 Å². The van der Waals surface area contributed by atoms with Crippen molar-refractivity contribution in [2.24, 2.45) is 5.73 Å². The number of aliphatic carboxylic acids is 1. The third kappa shape index (κ3) is 3.73. The average molecular weight is 315 g/mol. The van der Waals surface area contributed by atoms with Crippen LogP contribution in [0.5, 0.6) is 17.2 Å². The first-order valence-electron chi connectivity index (χ1n) is 7.20. The van der Waals surface area contributed by atoms with E-state index in [0.29, 0.717) is 12.4 Å². The lowest BCUT2D eigenvalue weighted by Crippen LogP contribution is -2.32. The van der Waals surface area contributed by atoms with Crippen molar-refractivity contribution in [3.63, 3.8) is 0 Å². The number of ether oxygens (including phenoxy) is 3. The van der Waals surface area contributed by atoms with Crippen molar-refractivity contribution in [3.8, 4) is 17.2 Å². The van der Waals surface area contributed by atoms with E-state index in [1.54, 1.807) is 12.1 Å². The summed E-state index contributed by atoms with van der Waals surface area (Å²) in [5, 5.41) is 8.81. The molecule has 1 aliphatic rings. The molecular weight excluding hydrogens is 298 g/mol. The van der Waals surface area contributed by atoms with Crippen LogP contribution in [0.1, 0.15) is 11.1 Å². The molecule has 0 aliphatic carbocycles. The highest BCUT2D eigenvalue weighted by Gasteiger charge is 2.14.